The summed E-state index contributed by atoms with van der Waals surface area (Å²) in [5.41, 5.74) is 1.11. The Morgan fingerprint density at radius 1 is 0.720 bits per heavy atom. The molecule has 3 heterocycles. The van der Waals surface area contributed by atoms with Gasteiger partial charge in [-0.05, 0) is 23.8 Å². The SMILES string of the molecule is c1ccc(COCC(n2cccn2)(n2cccn2)n2cccn2)cc1. The van der Waals surface area contributed by atoms with E-state index < -0.39 is 5.79 Å². The van der Waals surface area contributed by atoms with Crippen molar-refractivity contribution >= 4 is 0 Å². The molecule has 0 amide bonds. The highest BCUT2D eigenvalue weighted by Crippen LogP contribution is 2.21. The molecule has 126 valence electrons. The van der Waals surface area contributed by atoms with Crippen LogP contribution in [0.4, 0.5) is 0 Å². The van der Waals surface area contributed by atoms with Gasteiger partial charge in [-0.1, -0.05) is 30.3 Å². The van der Waals surface area contributed by atoms with Crippen LogP contribution in [0.15, 0.2) is 85.7 Å². The lowest BCUT2D eigenvalue weighted by atomic mass is 10.2. The third-order valence-corrected chi connectivity index (χ3v) is 4.02. The Hall–Kier alpha value is -3.19. The molecule has 3 aromatic heterocycles. The highest BCUT2D eigenvalue weighted by atomic mass is 16.5. The molecule has 0 saturated carbocycles. The Morgan fingerprint density at radius 3 is 1.68 bits per heavy atom. The Labute approximate surface area is 145 Å². The molecule has 0 bridgehead atoms. The quantitative estimate of drug-likeness (QED) is 0.520. The molecule has 7 heteroatoms. The first-order valence-electron chi connectivity index (χ1n) is 8.02. The predicted octanol–water partition coefficient (Wildman–Crippen LogP) is 2.20. The van der Waals surface area contributed by atoms with Crippen molar-refractivity contribution in [3.8, 4) is 0 Å². The summed E-state index contributed by atoms with van der Waals surface area (Å²) in [6.07, 6.45) is 10.9. The average Bonchev–Trinajstić information content (AvgIpc) is 3.44. The van der Waals surface area contributed by atoms with Crippen molar-refractivity contribution in [2.24, 2.45) is 0 Å². The summed E-state index contributed by atoms with van der Waals surface area (Å²) >= 11 is 0. The van der Waals surface area contributed by atoms with Crippen molar-refractivity contribution in [2.45, 2.75) is 12.4 Å². The molecule has 0 radical (unpaired) electrons. The van der Waals surface area contributed by atoms with Crippen LogP contribution >= 0.6 is 0 Å². The van der Waals surface area contributed by atoms with Crippen molar-refractivity contribution in [3.63, 3.8) is 0 Å². The summed E-state index contributed by atoms with van der Waals surface area (Å²) in [7, 11) is 0. The topological polar surface area (TPSA) is 62.7 Å². The van der Waals surface area contributed by atoms with Crippen LogP contribution in [-0.2, 0) is 17.1 Å². The van der Waals surface area contributed by atoms with Crippen LogP contribution in [0, 0.1) is 0 Å². The van der Waals surface area contributed by atoms with E-state index in [9.17, 15) is 0 Å². The average molecular weight is 334 g/mol. The monoisotopic (exact) mass is 334 g/mol. The van der Waals surface area contributed by atoms with Crippen LogP contribution in [-0.4, -0.2) is 35.9 Å². The van der Waals surface area contributed by atoms with E-state index in [0.717, 1.165) is 5.56 Å². The van der Waals surface area contributed by atoms with Gasteiger partial charge in [-0.3, -0.25) is 0 Å². The minimum Gasteiger partial charge on any atom is -0.370 e. The van der Waals surface area contributed by atoms with E-state index in [1.54, 1.807) is 32.6 Å². The Bertz CT molecular complexity index is 785. The maximum absolute atomic E-state index is 6.07. The van der Waals surface area contributed by atoms with E-state index in [4.69, 9.17) is 4.74 Å². The summed E-state index contributed by atoms with van der Waals surface area (Å²) in [6, 6.07) is 15.7. The number of ether oxygens (including phenoxy) is 1. The van der Waals surface area contributed by atoms with E-state index >= 15 is 0 Å². The summed E-state index contributed by atoms with van der Waals surface area (Å²) < 4.78 is 11.5. The van der Waals surface area contributed by atoms with E-state index in [-0.39, 0.29) is 0 Å². The molecule has 0 unspecified atom stereocenters. The number of hydrogen-bond donors (Lipinski definition) is 0. The Balaban J connectivity index is 1.70. The molecule has 0 N–H and O–H groups in total. The number of rotatable bonds is 7. The molecule has 0 spiro atoms. The van der Waals surface area contributed by atoms with Gasteiger partial charge in [0.15, 0.2) is 0 Å². The fourth-order valence-electron chi connectivity index (χ4n) is 2.84. The van der Waals surface area contributed by atoms with Crippen LogP contribution < -0.4 is 0 Å². The minimum absolute atomic E-state index is 0.312. The fraction of sp³-hybridized carbons (Fsp3) is 0.167. The van der Waals surface area contributed by atoms with Crippen LogP contribution in [0.25, 0.3) is 0 Å². The van der Waals surface area contributed by atoms with Crippen molar-refractivity contribution < 1.29 is 4.74 Å². The third kappa shape index (κ3) is 2.85. The lowest BCUT2D eigenvalue weighted by molar-refractivity contribution is -0.0174. The second kappa shape index (κ2) is 6.74. The van der Waals surface area contributed by atoms with E-state index in [2.05, 4.69) is 15.3 Å². The molecular weight excluding hydrogens is 316 g/mol. The molecule has 0 saturated heterocycles. The van der Waals surface area contributed by atoms with Crippen molar-refractivity contribution in [2.75, 3.05) is 6.61 Å². The zero-order valence-corrected chi connectivity index (χ0v) is 13.6. The third-order valence-electron chi connectivity index (χ3n) is 4.02. The van der Waals surface area contributed by atoms with Crippen molar-refractivity contribution in [1.29, 1.82) is 0 Å². The Morgan fingerprint density at radius 2 is 1.24 bits per heavy atom. The van der Waals surface area contributed by atoms with Crippen LogP contribution in [0.5, 0.6) is 0 Å². The number of nitrogens with zero attached hydrogens (tertiary/aromatic N) is 6. The first kappa shape index (κ1) is 15.3. The number of benzene rings is 1. The first-order chi connectivity index (χ1) is 12.4. The molecule has 1 aromatic carbocycles. The molecule has 0 fully saturated rings. The van der Waals surface area contributed by atoms with Gasteiger partial charge in [0.25, 0.3) is 5.79 Å². The van der Waals surface area contributed by atoms with E-state index in [1.807, 2.05) is 67.1 Å². The van der Waals surface area contributed by atoms with Crippen LogP contribution in [0.1, 0.15) is 5.56 Å². The highest BCUT2D eigenvalue weighted by molar-refractivity contribution is 5.13. The molecule has 25 heavy (non-hydrogen) atoms. The van der Waals surface area contributed by atoms with E-state index in [1.165, 1.54) is 0 Å². The van der Waals surface area contributed by atoms with Crippen LogP contribution in [0.3, 0.4) is 0 Å². The minimum atomic E-state index is -0.856. The summed E-state index contributed by atoms with van der Waals surface area (Å²) in [5.74, 6) is -0.856. The van der Waals surface area contributed by atoms with Gasteiger partial charge in [-0.25, -0.2) is 14.0 Å². The number of hydrogen-bond acceptors (Lipinski definition) is 4. The Kier molecular flexibility index (Phi) is 4.14. The van der Waals surface area contributed by atoms with Crippen molar-refractivity contribution in [3.05, 3.63) is 91.3 Å². The molecule has 4 rings (SSSR count). The molecule has 4 aromatic rings. The van der Waals surface area contributed by atoms with Crippen LogP contribution in [0.2, 0.25) is 0 Å². The first-order valence-corrected chi connectivity index (χ1v) is 8.02. The van der Waals surface area contributed by atoms with Gasteiger partial charge in [-0.2, -0.15) is 15.3 Å². The van der Waals surface area contributed by atoms with E-state index in [0.29, 0.717) is 13.2 Å². The van der Waals surface area contributed by atoms with Gasteiger partial charge in [0.2, 0.25) is 0 Å². The predicted molar refractivity (Wildman–Crippen MR) is 91.5 cm³/mol. The lowest BCUT2D eigenvalue weighted by Crippen LogP contribution is -2.52. The zero-order valence-electron chi connectivity index (χ0n) is 13.6. The second-order valence-corrected chi connectivity index (χ2v) is 5.60. The molecule has 0 aliphatic heterocycles. The summed E-state index contributed by atoms with van der Waals surface area (Å²) in [4.78, 5) is 0. The molecular formula is C18H18N6O. The normalized spacial score (nSPS) is 11.7. The summed E-state index contributed by atoms with van der Waals surface area (Å²) in [5, 5.41) is 13.3. The smallest absolute Gasteiger partial charge is 0.273 e. The van der Waals surface area contributed by atoms with Gasteiger partial charge >= 0.3 is 0 Å². The summed E-state index contributed by atoms with van der Waals surface area (Å²) in [6.45, 7) is 0.805. The molecule has 0 aliphatic carbocycles. The van der Waals surface area contributed by atoms with Gasteiger partial charge < -0.3 is 4.74 Å². The standard InChI is InChI=1S/C18H18N6O/c1-2-7-17(8-3-1)15-25-16-18(22-12-4-9-19-22,23-13-5-10-20-23)24-14-6-11-21-24/h1-14H,15-16H2. The lowest BCUT2D eigenvalue weighted by Gasteiger charge is -2.34. The fourth-order valence-corrected chi connectivity index (χ4v) is 2.84. The van der Waals surface area contributed by atoms with Gasteiger partial charge in [0.05, 0.1) is 6.61 Å². The maximum atomic E-state index is 6.07. The van der Waals surface area contributed by atoms with Gasteiger partial charge in [0.1, 0.15) is 6.61 Å². The van der Waals surface area contributed by atoms with Gasteiger partial charge in [0, 0.05) is 37.2 Å². The number of aromatic nitrogens is 6. The largest absolute Gasteiger partial charge is 0.370 e. The molecule has 7 nitrogen and oxygen atoms in total. The van der Waals surface area contributed by atoms with Gasteiger partial charge in [-0.15, -0.1) is 0 Å². The highest BCUT2D eigenvalue weighted by Gasteiger charge is 2.39. The zero-order chi connectivity index (χ0) is 17.0. The molecule has 0 atom stereocenters. The molecule has 0 aliphatic rings. The maximum Gasteiger partial charge on any atom is 0.273 e. The second-order valence-electron chi connectivity index (χ2n) is 5.60. The van der Waals surface area contributed by atoms with Crippen molar-refractivity contribution in [1.82, 2.24) is 29.3 Å².